The molecule has 0 atom stereocenters. The molecular formula is C12H13BrFN5O. The summed E-state index contributed by atoms with van der Waals surface area (Å²) >= 11 is 3.20. The number of ether oxygens (including phenoxy) is 1. The number of methoxy groups -OCH3 is 1. The van der Waals surface area contributed by atoms with Crippen LogP contribution in [0.3, 0.4) is 0 Å². The average Bonchev–Trinajstić information content (AvgIpc) is 2.42. The van der Waals surface area contributed by atoms with E-state index in [1.807, 2.05) is 6.92 Å². The predicted molar refractivity (Wildman–Crippen MR) is 77.9 cm³/mol. The maximum atomic E-state index is 13.8. The summed E-state index contributed by atoms with van der Waals surface area (Å²) in [5, 5.41) is 5.74. The van der Waals surface area contributed by atoms with Crippen LogP contribution in [0.25, 0.3) is 0 Å². The first kappa shape index (κ1) is 14.4. The van der Waals surface area contributed by atoms with Crippen molar-refractivity contribution in [2.75, 3.05) is 24.3 Å². The molecule has 106 valence electrons. The highest BCUT2D eigenvalue weighted by Gasteiger charge is 2.09. The summed E-state index contributed by atoms with van der Waals surface area (Å²) < 4.78 is 19.4. The van der Waals surface area contributed by atoms with Gasteiger partial charge in [-0.1, -0.05) is 15.9 Å². The summed E-state index contributed by atoms with van der Waals surface area (Å²) in [5.41, 5.74) is 0.268. The molecule has 0 saturated heterocycles. The Morgan fingerprint density at radius 1 is 1.25 bits per heavy atom. The van der Waals surface area contributed by atoms with Gasteiger partial charge in [-0.2, -0.15) is 15.0 Å². The Balaban J connectivity index is 2.29. The maximum absolute atomic E-state index is 13.8. The van der Waals surface area contributed by atoms with E-state index in [0.29, 0.717) is 17.0 Å². The second-order valence-electron chi connectivity index (χ2n) is 3.75. The van der Waals surface area contributed by atoms with E-state index in [9.17, 15) is 4.39 Å². The van der Waals surface area contributed by atoms with Crippen molar-refractivity contribution in [3.8, 4) is 6.01 Å². The van der Waals surface area contributed by atoms with Crippen molar-refractivity contribution in [2.24, 2.45) is 0 Å². The summed E-state index contributed by atoms with van der Waals surface area (Å²) in [5.74, 6) is 0.150. The Morgan fingerprint density at radius 3 is 2.65 bits per heavy atom. The molecule has 0 fully saturated rings. The fourth-order valence-corrected chi connectivity index (χ4v) is 1.79. The zero-order valence-electron chi connectivity index (χ0n) is 10.9. The molecule has 1 aromatic heterocycles. The Kier molecular flexibility index (Phi) is 4.67. The second kappa shape index (κ2) is 6.47. The van der Waals surface area contributed by atoms with Crippen molar-refractivity contribution >= 4 is 33.5 Å². The number of nitrogens with one attached hydrogen (secondary N) is 2. The Hall–Kier alpha value is -1.96. The first-order chi connectivity index (χ1) is 9.62. The van der Waals surface area contributed by atoms with Gasteiger partial charge in [-0.25, -0.2) is 4.39 Å². The summed E-state index contributed by atoms with van der Waals surface area (Å²) in [6.45, 7) is 2.57. The van der Waals surface area contributed by atoms with Gasteiger partial charge >= 0.3 is 6.01 Å². The fourth-order valence-electron chi connectivity index (χ4n) is 1.45. The highest BCUT2D eigenvalue weighted by Crippen LogP contribution is 2.22. The minimum atomic E-state index is -0.413. The molecule has 0 saturated carbocycles. The first-order valence-electron chi connectivity index (χ1n) is 5.88. The van der Waals surface area contributed by atoms with Crippen LogP contribution < -0.4 is 15.4 Å². The molecule has 1 aromatic carbocycles. The van der Waals surface area contributed by atoms with Gasteiger partial charge in [0, 0.05) is 11.0 Å². The van der Waals surface area contributed by atoms with Crippen LogP contribution in [-0.4, -0.2) is 28.6 Å². The maximum Gasteiger partial charge on any atom is 0.322 e. The molecule has 2 rings (SSSR count). The number of nitrogens with zero attached hydrogens (tertiary/aromatic N) is 3. The average molecular weight is 342 g/mol. The molecule has 0 aliphatic heterocycles. The van der Waals surface area contributed by atoms with E-state index in [0.717, 1.165) is 0 Å². The smallest absolute Gasteiger partial charge is 0.322 e. The van der Waals surface area contributed by atoms with Gasteiger partial charge in [-0.05, 0) is 25.1 Å². The lowest BCUT2D eigenvalue weighted by Gasteiger charge is -2.09. The third-order valence-corrected chi connectivity index (χ3v) is 2.80. The Morgan fingerprint density at radius 2 is 2.00 bits per heavy atom. The monoisotopic (exact) mass is 341 g/mol. The van der Waals surface area contributed by atoms with E-state index in [2.05, 4.69) is 41.5 Å². The van der Waals surface area contributed by atoms with Crippen molar-refractivity contribution in [1.82, 2.24) is 15.0 Å². The third-order valence-electron chi connectivity index (χ3n) is 2.31. The largest absolute Gasteiger partial charge is 0.467 e. The number of hydrogen-bond donors (Lipinski definition) is 2. The van der Waals surface area contributed by atoms with Gasteiger partial charge in [0.15, 0.2) is 0 Å². The molecule has 0 aliphatic rings. The molecule has 0 bridgehead atoms. The minimum Gasteiger partial charge on any atom is -0.467 e. The number of aromatic nitrogens is 3. The fraction of sp³-hybridized carbons (Fsp3) is 0.250. The van der Waals surface area contributed by atoms with Crippen LogP contribution in [0.5, 0.6) is 6.01 Å². The van der Waals surface area contributed by atoms with Crippen molar-refractivity contribution in [1.29, 1.82) is 0 Å². The van der Waals surface area contributed by atoms with Gasteiger partial charge in [0.25, 0.3) is 0 Å². The van der Waals surface area contributed by atoms with Gasteiger partial charge in [0.05, 0.1) is 12.8 Å². The van der Waals surface area contributed by atoms with E-state index in [1.54, 1.807) is 12.1 Å². The van der Waals surface area contributed by atoms with Crippen molar-refractivity contribution in [3.05, 3.63) is 28.5 Å². The predicted octanol–water partition coefficient (Wildman–Crippen LogP) is 2.96. The van der Waals surface area contributed by atoms with E-state index in [-0.39, 0.29) is 17.6 Å². The lowest BCUT2D eigenvalue weighted by atomic mass is 10.3. The van der Waals surface area contributed by atoms with Gasteiger partial charge in [-0.3, -0.25) is 0 Å². The van der Waals surface area contributed by atoms with Crippen LogP contribution in [0.15, 0.2) is 22.7 Å². The molecular weight excluding hydrogens is 329 g/mol. The van der Waals surface area contributed by atoms with Crippen LogP contribution in [0, 0.1) is 5.82 Å². The molecule has 8 heteroatoms. The molecule has 1 heterocycles. The molecule has 2 aromatic rings. The number of benzene rings is 1. The SMILES string of the molecule is CCNc1nc(Nc2ccc(Br)cc2F)nc(OC)n1. The summed E-state index contributed by atoms with van der Waals surface area (Å²) in [4.78, 5) is 12.2. The van der Waals surface area contributed by atoms with Gasteiger partial charge in [-0.15, -0.1) is 0 Å². The number of anilines is 3. The van der Waals surface area contributed by atoms with E-state index < -0.39 is 5.82 Å². The lowest BCUT2D eigenvalue weighted by Crippen LogP contribution is -2.08. The van der Waals surface area contributed by atoms with E-state index in [1.165, 1.54) is 13.2 Å². The topological polar surface area (TPSA) is 72.0 Å². The quantitative estimate of drug-likeness (QED) is 0.871. The number of hydrogen-bond acceptors (Lipinski definition) is 6. The standard InChI is InChI=1S/C12H13BrFN5O/c1-3-15-10-17-11(19-12(18-10)20-2)16-9-5-4-7(13)6-8(9)14/h4-6H,3H2,1-2H3,(H2,15,16,17,18,19). The molecule has 0 unspecified atom stereocenters. The summed E-state index contributed by atoms with van der Waals surface area (Å²) in [7, 11) is 1.45. The normalized spacial score (nSPS) is 10.2. The molecule has 0 spiro atoms. The third kappa shape index (κ3) is 3.53. The zero-order valence-corrected chi connectivity index (χ0v) is 12.5. The first-order valence-corrected chi connectivity index (χ1v) is 6.67. The number of rotatable bonds is 5. The molecule has 0 aliphatic carbocycles. The van der Waals surface area contributed by atoms with Gasteiger partial charge in [0.2, 0.25) is 11.9 Å². The molecule has 6 nitrogen and oxygen atoms in total. The van der Waals surface area contributed by atoms with Crippen molar-refractivity contribution in [2.45, 2.75) is 6.92 Å². The van der Waals surface area contributed by atoms with Gasteiger partial charge < -0.3 is 15.4 Å². The Bertz CT molecular complexity index is 610. The van der Waals surface area contributed by atoms with E-state index in [4.69, 9.17) is 4.74 Å². The second-order valence-corrected chi connectivity index (χ2v) is 4.66. The van der Waals surface area contributed by atoms with E-state index >= 15 is 0 Å². The highest BCUT2D eigenvalue weighted by atomic mass is 79.9. The highest BCUT2D eigenvalue weighted by molar-refractivity contribution is 9.10. The van der Waals surface area contributed by atoms with Crippen LogP contribution >= 0.6 is 15.9 Å². The zero-order chi connectivity index (χ0) is 14.5. The molecule has 0 amide bonds. The van der Waals surface area contributed by atoms with Crippen LogP contribution in [0.2, 0.25) is 0 Å². The lowest BCUT2D eigenvalue weighted by molar-refractivity contribution is 0.379. The van der Waals surface area contributed by atoms with Crippen LogP contribution in [-0.2, 0) is 0 Å². The van der Waals surface area contributed by atoms with Crippen LogP contribution in [0.4, 0.5) is 22.0 Å². The number of halogens is 2. The van der Waals surface area contributed by atoms with Crippen LogP contribution in [0.1, 0.15) is 6.92 Å². The summed E-state index contributed by atoms with van der Waals surface area (Å²) in [6.07, 6.45) is 0. The summed E-state index contributed by atoms with van der Waals surface area (Å²) in [6, 6.07) is 4.81. The molecule has 2 N–H and O–H groups in total. The molecule has 20 heavy (non-hydrogen) atoms. The molecule has 0 radical (unpaired) electrons. The van der Waals surface area contributed by atoms with Gasteiger partial charge in [0.1, 0.15) is 5.82 Å². The van der Waals surface area contributed by atoms with Crippen molar-refractivity contribution < 1.29 is 9.13 Å². The minimum absolute atomic E-state index is 0.149. The van der Waals surface area contributed by atoms with Crippen molar-refractivity contribution in [3.63, 3.8) is 0 Å². The Labute approximate surface area is 123 Å².